The van der Waals surface area contributed by atoms with Gasteiger partial charge in [-0.15, -0.1) is 0 Å². The third-order valence-electron chi connectivity index (χ3n) is 4.48. The Hall–Kier alpha value is -1.92. The Morgan fingerprint density at radius 2 is 1.96 bits per heavy atom. The first-order valence-electron chi connectivity index (χ1n) is 7.79. The smallest absolute Gasteiger partial charge is 0.337 e. The minimum Gasteiger partial charge on any atom is -0.454 e. The van der Waals surface area contributed by atoms with E-state index in [9.17, 15) is 14.7 Å². The average Bonchev–Trinajstić information content (AvgIpc) is 3.02. The number of aliphatic hydroxyl groups excluding tert-OH is 1. The SMILES string of the molecule is C=C1C(=O)O[C@@H]2/C=C(\CO)CC[C@H](OCC)C3=C[C@@H](OC3=O)[C@@H]12. The van der Waals surface area contributed by atoms with Crippen LogP contribution in [0, 0.1) is 5.92 Å². The van der Waals surface area contributed by atoms with Crippen molar-refractivity contribution in [2.45, 2.75) is 38.1 Å². The fourth-order valence-corrected chi connectivity index (χ4v) is 3.31. The molecule has 0 aromatic rings. The topological polar surface area (TPSA) is 82.1 Å². The molecule has 0 amide bonds. The molecule has 6 nitrogen and oxygen atoms in total. The molecule has 6 heteroatoms. The van der Waals surface area contributed by atoms with Crippen LogP contribution in [0.5, 0.6) is 0 Å². The fourth-order valence-electron chi connectivity index (χ4n) is 3.31. The second kappa shape index (κ2) is 6.29. The Balaban J connectivity index is 2.00. The van der Waals surface area contributed by atoms with Crippen LogP contribution in [0.4, 0.5) is 0 Å². The second-order valence-corrected chi connectivity index (χ2v) is 5.88. The van der Waals surface area contributed by atoms with E-state index in [-0.39, 0.29) is 18.3 Å². The monoisotopic (exact) mass is 320 g/mol. The third kappa shape index (κ3) is 2.84. The van der Waals surface area contributed by atoms with Crippen LogP contribution in [0.15, 0.2) is 35.5 Å². The summed E-state index contributed by atoms with van der Waals surface area (Å²) in [6, 6.07) is 0. The number of ether oxygens (including phenoxy) is 3. The van der Waals surface area contributed by atoms with E-state index in [1.54, 1.807) is 12.2 Å². The van der Waals surface area contributed by atoms with E-state index in [2.05, 4.69) is 6.58 Å². The zero-order chi connectivity index (χ0) is 16.6. The van der Waals surface area contributed by atoms with Crippen LogP contribution in [0.1, 0.15) is 19.8 Å². The summed E-state index contributed by atoms with van der Waals surface area (Å²) in [6.45, 7) is 5.97. The van der Waals surface area contributed by atoms with Gasteiger partial charge in [0.05, 0.1) is 24.2 Å². The highest BCUT2D eigenvalue weighted by atomic mass is 16.6. The molecule has 2 heterocycles. The maximum Gasteiger partial charge on any atom is 0.337 e. The van der Waals surface area contributed by atoms with Gasteiger partial charge in [0.15, 0.2) is 0 Å². The molecule has 4 atom stereocenters. The molecule has 0 unspecified atom stereocenters. The Morgan fingerprint density at radius 1 is 1.26 bits per heavy atom. The van der Waals surface area contributed by atoms with E-state index in [1.165, 1.54) is 0 Å². The van der Waals surface area contributed by atoms with Crippen LogP contribution in [0.3, 0.4) is 0 Å². The number of esters is 2. The zero-order valence-corrected chi connectivity index (χ0v) is 13.0. The van der Waals surface area contributed by atoms with Gasteiger partial charge in [-0.05, 0) is 37.5 Å². The first kappa shape index (κ1) is 16.0. The van der Waals surface area contributed by atoms with Gasteiger partial charge in [0.2, 0.25) is 0 Å². The summed E-state index contributed by atoms with van der Waals surface area (Å²) >= 11 is 0. The lowest BCUT2D eigenvalue weighted by Crippen LogP contribution is -2.28. The number of carbonyl (C=O) groups is 2. The van der Waals surface area contributed by atoms with Crippen LogP contribution in [-0.2, 0) is 23.8 Å². The Morgan fingerprint density at radius 3 is 2.65 bits per heavy atom. The van der Waals surface area contributed by atoms with Gasteiger partial charge in [0.1, 0.15) is 12.2 Å². The van der Waals surface area contributed by atoms with Crippen molar-refractivity contribution < 1.29 is 28.9 Å². The van der Waals surface area contributed by atoms with Gasteiger partial charge in [-0.25, -0.2) is 9.59 Å². The minimum absolute atomic E-state index is 0.134. The summed E-state index contributed by atoms with van der Waals surface area (Å²) in [5.41, 5.74) is 1.51. The lowest BCUT2D eigenvalue weighted by molar-refractivity contribution is -0.142. The highest BCUT2D eigenvalue weighted by molar-refractivity contribution is 5.94. The largest absolute Gasteiger partial charge is 0.454 e. The summed E-state index contributed by atoms with van der Waals surface area (Å²) in [5, 5.41) is 9.55. The highest BCUT2D eigenvalue weighted by Crippen LogP contribution is 2.38. The molecule has 2 bridgehead atoms. The molecular formula is C17H20O6. The number of carbonyl (C=O) groups excluding carboxylic acids is 2. The van der Waals surface area contributed by atoms with Gasteiger partial charge in [0, 0.05) is 12.2 Å². The van der Waals surface area contributed by atoms with Gasteiger partial charge < -0.3 is 19.3 Å². The average molecular weight is 320 g/mol. The van der Waals surface area contributed by atoms with Crippen LogP contribution >= 0.6 is 0 Å². The van der Waals surface area contributed by atoms with Gasteiger partial charge in [-0.2, -0.15) is 0 Å². The van der Waals surface area contributed by atoms with Crippen molar-refractivity contribution in [3.05, 3.63) is 35.5 Å². The Labute approximate surface area is 134 Å². The maximum atomic E-state index is 12.2. The van der Waals surface area contributed by atoms with Gasteiger partial charge in [-0.1, -0.05) is 6.58 Å². The molecule has 2 aliphatic heterocycles. The number of hydrogen-bond acceptors (Lipinski definition) is 6. The van der Waals surface area contributed by atoms with E-state index >= 15 is 0 Å². The molecular weight excluding hydrogens is 300 g/mol. The van der Waals surface area contributed by atoms with Crippen molar-refractivity contribution in [1.82, 2.24) is 0 Å². The van der Waals surface area contributed by atoms with E-state index in [1.807, 2.05) is 6.92 Å². The van der Waals surface area contributed by atoms with Crippen molar-refractivity contribution in [2.75, 3.05) is 13.2 Å². The van der Waals surface area contributed by atoms with E-state index < -0.39 is 30.1 Å². The quantitative estimate of drug-likeness (QED) is 0.475. The first-order chi connectivity index (χ1) is 11.0. The predicted octanol–water partition coefficient (Wildman–Crippen LogP) is 1.05. The molecule has 0 aromatic carbocycles. The molecule has 124 valence electrons. The summed E-state index contributed by atoms with van der Waals surface area (Å²) in [6.07, 6.45) is 3.02. The number of aliphatic hydroxyl groups is 1. The van der Waals surface area contributed by atoms with Crippen LogP contribution in [0.25, 0.3) is 0 Å². The molecule has 3 aliphatic rings. The third-order valence-corrected chi connectivity index (χ3v) is 4.48. The van der Waals surface area contributed by atoms with Crippen molar-refractivity contribution in [3.8, 4) is 0 Å². The minimum atomic E-state index is -0.598. The van der Waals surface area contributed by atoms with Gasteiger partial charge in [0.25, 0.3) is 0 Å². The summed E-state index contributed by atoms with van der Waals surface area (Å²) in [4.78, 5) is 24.1. The van der Waals surface area contributed by atoms with Crippen LogP contribution in [-0.4, -0.2) is 48.6 Å². The molecule has 0 spiro atoms. The Bertz CT molecular complexity index is 602. The van der Waals surface area contributed by atoms with E-state index in [0.717, 1.165) is 5.57 Å². The maximum absolute atomic E-state index is 12.2. The summed E-state index contributed by atoms with van der Waals surface area (Å²) in [7, 11) is 0. The first-order valence-corrected chi connectivity index (χ1v) is 7.79. The van der Waals surface area contributed by atoms with Crippen LogP contribution in [0.2, 0.25) is 0 Å². The van der Waals surface area contributed by atoms with Crippen molar-refractivity contribution in [2.24, 2.45) is 5.92 Å². The standard InChI is InChI=1S/C17H20O6/c1-3-21-12-5-4-10(8-18)6-13-15(9(2)16(19)22-13)14-7-11(12)17(20)23-14/h6-7,12-15,18H,2-5,8H2,1H3/b10-6-/t12-,13+,14+,15-/m0/s1. The zero-order valence-electron chi connectivity index (χ0n) is 13.0. The van der Waals surface area contributed by atoms with E-state index in [0.29, 0.717) is 25.0 Å². The molecule has 0 radical (unpaired) electrons. The lowest BCUT2D eigenvalue weighted by Gasteiger charge is -2.21. The molecule has 1 fully saturated rings. The van der Waals surface area contributed by atoms with Gasteiger partial charge >= 0.3 is 11.9 Å². The summed E-state index contributed by atoms with van der Waals surface area (Å²) < 4.78 is 16.4. The van der Waals surface area contributed by atoms with Crippen LogP contribution < -0.4 is 0 Å². The van der Waals surface area contributed by atoms with Crippen molar-refractivity contribution in [3.63, 3.8) is 0 Å². The van der Waals surface area contributed by atoms with E-state index in [4.69, 9.17) is 14.2 Å². The second-order valence-electron chi connectivity index (χ2n) is 5.88. The molecule has 1 aliphatic carbocycles. The molecule has 1 N–H and O–H groups in total. The normalized spacial score (nSPS) is 35.8. The molecule has 3 rings (SSSR count). The number of fused-ring (bicyclic) bond motifs is 3. The van der Waals surface area contributed by atoms with Crippen molar-refractivity contribution >= 4 is 11.9 Å². The lowest BCUT2D eigenvalue weighted by atomic mass is 9.87. The molecule has 1 saturated heterocycles. The molecule has 0 aromatic heterocycles. The molecule has 0 saturated carbocycles. The number of rotatable bonds is 3. The fraction of sp³-hybridized carbons (Fsp3) is 0.529. The van der Waals surface area contributed by atoms with Crippen molar-refractivity contribution in [1.29, 1.82) is 0 Å². The van der Waals surface area contributed by atoms with Gasteiger partial charge in [-0.3, -0.25) is 0 Å². The predicted molar refractivity (Wildman–Crippen MR) is 80.3 cm³/mol. The summed E-state index contributed by atoms with van der Waals surface area (Å²) in [5.74, 6) is -1.38. The Kier molecular flexibility index (Phi) is 4.37. The molecule has 23 heavy (non-hydrogen) atoms. The number of hydrogen-bond donors (Lipinski definition) is 1. The highest BCUT2D eigenvalue weighted by Gasteiger charge is 2.47.